The zero-order chi connectivity index (χ0) is 20.7. The molecule has 2 aromatic rings. The van der Waals surface area contributed by atoms with Crippen molar-refractivity contribution in [1.82, 2.24) is 0 Å². The van der Waals surface area contributed by atoms with Gasteiger partial charge in [-0.2, -0.15) is 0 Å². The molecule has 4 rings (SSSR count). The Morgan fingerprint density at radius 3 is 2.48 bits per heavy atom. The molecule has 0 saturated heterocycles. The van der Waals surface area contributed by atoms with Crippen LogP contribution in [0.3, 0.4) is 0 Å². The average Bonchev–Trinajstić information content (AvgIpc) is 3.02. The molecule has 1 aliphatic carbocycles. The predicted molar refractivity (Wildman–Crippen MR) is 106 cm³/mol. The summed E-state index contributed by atoms with van der Waals surface area (Å²) in [5.41, 5.74) is 2.70. The smallest absolute Gasteiger partial charge is 0.314 e. The van der Waals surface area contributed by atoms with Gasteiger partial charge in [0.1, 0.15) is 0 Å². The Balaban J connectivity index is 1.95. The van der Waals surface area contributed by atoms with Crippen molar-refractivity contribution in [2.24, 2.45) is 5.92 Å². The maximum atomic E-state index is 13.6. The lowest BCUT2D eigenvalue weighted by Gasteiger charge is -2.34. The van der Waals surface area contributed by atoms with Crippen molar-refractivity contribution < 1.29 is 28.5 Å². The molecule has 1 aliphatic heterocycles. The molecule has 0 saturated carbocycles. The minimum Gasteiger partial charge on any atom is -0.493 e. The molecule has 3 atom stereocenters. The second-order valence-electron chi connectivity index (χ2n) is 6.94. The molecule has 1 N–H and O–H groups in total. The first-order chi connectivity index (χ1) is 14.1. The number of esters is 1. The molecule has 0 radical (unpaired) electrons. The highest BCUT2D eigenvalue weighted by atomic mass is 16.5. The SMILES string of the molecule is CCOc1c(OC)c(OC)cc2c1C(=O)[C@@H]1[C@H]2Nc2ccccc2[C@@H]1C(=O)OC. The quantitative estimate of drug-likeness (QED) is 0.775. The first-order valence-corrected chi connectivity index (χ1v) is 9.46. The van der Waals surface area contributed by atoms with Crippen molar-refractivity contribution in [3.8, 4) is 17.2 Å². The number of ketones is 1. The summed E-state index contributed by atoms with van der Waals surface area (Å²) < 4.78 is 21.9. The lowest BCUT2D eigenvalue weighted by Crippen LogP contribution is -2.36. The lowest BCUT2D eigenvalue weighted by atomic mass is 9.77. The average molecular weight is 397 g/mol. The summed E-state index contributed by atoms with van der Waals surface area (Å²) in [6.07, 6.45) is 0. The molecular formula is C22H23NO6. The molecule has 152 valence electrons. The minimum absolute atomic E-state index is 0.174. The van der Waals surface area contributed by atoms with Gasteiger partial charge >= 0.3 is 5.97 Å². The number of benzene rings is 2. The molecule has 7 nitrogen and oxygen atoms in total. The normalized spacial score (nSPS) is 21.4. The highest BCUT2D eigenvalue weighted by molar-refractivity contribution is 6.10. The number of carbonyl (C=O) groups excluding carboxylic acids is 2. The van der Waals surface area contributed by atoms with Gasteiger partial charge in [-0.05, 0) is 30.2 Å². The molecular weight excluding hydrogens is 374 g/mol. The van der Waals surface area contributed by atoms with E-state index in [4.69, 9.17) is 18.9 Å². The fraction of sp³-hybridized carbons (Fsp3) is 0.364. The Bertz CT molecular complexity index is 986. The third kappa shape index (κ3) is 2.72. The third-order valence-corrected chi connectivity index (χ3v) is 5.61. The number of nitrogens with one attached hydrogen (secondary N) is 1. The number of para-hydroxylation sites is 1. The van der Waals surface area contributed by atoms with Gasteiger partial charge < -0.3 is 24.3 Å². The molecule has 1 heterocycles. The second-order valence-corrected chi connectivity index (χ2v) is 6.94. The van der Waals surface area contributed by atoms with Gasteiger partial charge in [0.2, 0.25) is 5.75 Å². The molecule has 0 aromatic heterocycles. The zero-order valence-corrected chi connectivity index (χ0v) is 16.8. The number of carbonyl (C=O) groups is 2. The van der Waals surface area contributed by atoms with Crippen molar-refractivity contribution in [2.45, 2.75) is 18.9 Å². The number of anilines is 1. The van der Waals surface area contributed by atoms with Crippen molar-refractivity contribution in [3.05, 3.63) is 47.0 Å². The van der Waals surface area contributed by atoms with Crippen LogP contribution in [0.25, 0.3) is 0 Å². The van der Waals surface area contributed by atoms with E-state index in [2.05, 4.69) is 5.32 Å². The number of rotatable bonds is 5. The van der Waals surface area contributed by atoms with E-state index < -0.39 is 23.8 Å². The van der Waals surface area contributed by atoms with E-state index in [-0.39, 0.29) is 5.78 Å². The Morgan fingerprint density at radius 2 is 1.83 bits per heavy atom. The van der Waals surface area contributed by atoms with Gasteiger partial charge in [-0.15, -0.1) is 0 Å². The summed E-state index contributed by atoms with van der Waals surface area (Å²) >= 11 is 0. The van der Waals surface area contributed by atoms with Crippen LogP contribution in [0.2, 0.25) is 0 Å². The third-order valence-electron chi connectivity index (χ3n) is 5.61. The molecule has 2 aliphatic rings. The van der Waals surface area contributed by atoms with E-state index >= 15 is 0 Å². The van der Waals surface area contributed by atoms with Gasteiger partial charge in [0.15, 0.2) is 17.3 Å². The highest BCUT2D eigenvalue weighted by Crippen LogP contribution is 2.56. The van der Waals surface area contributed by atoms with Gasteiger partial charge in [0.05, 0.1) is 51.4 Å². The van der Waals surface area contributed by atoms with Gasteiger partial charge in [-0.1, -0.05) is 18.2 Å². The van der Waals surface area contributed by atoms with Crippen LogP contribution >= 0.6 is 0 Å². The highest BCUT2D eigenvalue weighted by Gasteiger charge is 2.53. The number of methoxy groups -OCH3 is 3. The summed E-state index contributed by atoms with van der Waals surface area (Å²) in [5.74, 6) is -0.792. The van der Waals surface area contributed by atoms with Crippen LogP contribution in [-0.4, -0.2) is 39.7 Å². The summed E-state index contributed by atoms with van der Waals surface area (Å²) in [5, 5.41) is 3.43. The van der Waals surface area contributed by atoms with E-state index in [0.29, 0.717) is 29.4 Å². The van der Waals surface area contributed by atoms with E-state index in [0.717, 1.165) is 16.8 Å². The molecule has 0 amide bonds. The van der Waals surface area contributed by atoms with Gasteiger partial charge in [0.25, 0.3) is 0 Å². The first kappa shape index (κ1) is 19.1. The number of ether oxygens (including phenoxy) is 4. The summed E-state index contributed by atoms with van der Waals surface area (Å²) in [7, 11) is 4.38. The fourth-order valence-electron chi connectivity index (χ4n) is 4.45. The molecule has 0 bridgehead atoms. The molecule has 7 heteroatoms. The van der Waals surface area contributed by atoms with Crippen LogP contribution in [-0.2, 0) is 9.53 Å². The van der Waals surface area contributed by atoms with E-state index in [1.165, 1.54) is 21.3 Å². The molecule has 2 aromatic carbocycles. The van der Waals surface area contributed by atoms with E-state index in [1.807, 2.05) is 31.2 Å². The standard InChI is InChI=1S/C22H23NO6/c1-5-29-21-16-12(10-14(26-2)20(21)27-3)18-17(19(16)24)15(22(25)28-4)11-8-6-7-9-13(11)23-18/h6-10,15,17-18,23H,5H2,1-4H3/t15-,17-,18-/m0/s1. The molecule has 0 unspecified atom stereocenters. The van der Waals surface area contributed by atoms with Gasteiger partial charge in [-0.25, -0.2) is 0 Å². The number of Topliss-reactive ketones (excluding diaryl/α,β-unsaturated/α-hetero) is 1. The van der Waals surface area contributed by atoms with Crippen molar-refractivity contribution in [1.29, 1.82) is 0 Å². The largest absolute Gasteiger partial charge is 0.493 e. The Labute approximate surface area is 168 Å². The Kier molecular flexibility index (Phi) is 4.82. The van der Waals surface area contributed by atoms with E-state index in [1.54, 1.807) is 6.07 Å². The predicted octanol–water partition coefficient (Wildman–Crippen LogP) is 3.34. The summed E-state index contributed by atoms with van der Waals surface area (Å²) in [4.78, 5) is 26.4. The number of hydrogen-bond donors (Lipinski definition) is 1. The van der Waals surface area contributed by atoms with Crippen LogP contribution in [0.1, 0.15) is 40.4 Å². The van der Waals surface area contributed by atoms with Gasteiger partial charge in [0, 0.05) is 5.69 Å². The van der Waals surface area contributed by atoms with Crippen LogP contribution in [0, 0.1) is 5.92 Å². The van der Waals surface area contributed by atoms with Crippen LogP contribution < -0.4 is 19.5 Å². The topological polar surface area (TPSA) is 83.1 Å². The zero-order valence-electron chi connectivity index (χ0n) is 16.8. The van der Waals surface area contributed by atoms with Crippen LogP contribution in [0.5, 0.6) is 17.2 Å². The van der Waals surface area contributed by atoms with Crippen LogP contribution in [0.4, 0.5) is 5.69 Å². The maximum Gasteiger partial charge on any atom is 0.314 e. The summed E-state index contributed by atoms with van der Waals surface area (Å²) in [6, 6.07) is 8.86. The van der Waals surface area contributed by atoms with Crippen LogP contribution in [0.15, 0.2) is 30.3 Å². The fourth-order valence-corrected chi connectivity index (χ4v) is 4.45. The Morgan fingerprint density at radius 1 is 1.07 bits per heavy atom. The van der Waals surface area contributed by atoms with Crippen molar-refractivity contribution >= 4 is 17.4 Å². The molecule has 29 heavy (non-hydrogen) atoms. The number of fused-ring (bicyclic) bond motifs is 4. The minimum atomic E-state index is -0.714. The first-order valence-electron chi connectivity index (χ1n) is 9.46. The van der Waals surface area contributed by atoms with Crippen molar-refractivity contribution in [2.75, 3.05) is 33.3 Å². The monoisotopic (exact) mass is 397 g/mol. The van der Waals surface area contributed by atoms with Gasteiger partial charge in [-0.3, -0.25) is 9.59 Å². The number of hydrogen-bond acceptors (Lipinski definition) is 7. The second kappa shape index (κ2) is 7.31. The lowest BCUT2D eigenvalue weighted by molar-refractivity contribution is -0.143. The van der Waals surface area contributed by atoms with E-state index in [9.17, 15) is 9.59 Å². The van der Waals surface area contributed by atoms with Crippen molar-refractivity contribution in [3.63, 3.8) is 0 Å². The Hall–Kier alpha value is -3.22. The molecule has 0 spiro atoms. The summed E-state index contributed by atoms with van der Waals surface area (Å²) in [6.45, 7) is 2.19. The maximum absolute atomic E-state index is 13.6. The molecule has 0 fully saturated rings.